The standard InChI is InChI=1S/C16H22F4N2.ClH/c1-2-3-4-15(22-9-7-21-8-10-22)13-11-12(17)5-6-14(13)16(18,19)20;/h5-6,11,15,21H,2-4,7-10H2,1H3;1H/t15-;/m0./s1. The molecule has 7 heteroatoms. The van der Waals surface area contributed by atoms with E-state index in [1.165, 1.54) is 0 Å². The predicted octanol–water partition coefficient (Wildman–Crippen LogP) is 4.40. The number of nitrogens with one attached hydrogen (secondary N) is 1. The monoisotopic (exact) mass is 354 g/mol. The maximum Gasteiger partial charge on any atom is 0.416 e. The van der Waals surface area contributed by atoms with E-state index in [-0.39, 0.29) is 24.0 Å². The average molecular weight is 355 g/mol. The number of hydrogen-bond acceptors (Lipinski definition) is 2. The third-order valence-corrected chi connectivity index (χ3v) is 4.10. The molecule has 2 nitrogen and oxygen atoms in total. The summed E-state index contributed by atoms with van der Waals surface area (Å²) in [5.74, 6) is -0.611. The highest BCUT2D eigenvalue weighted by Crippen LogP contribution is 2.38. The van der Waals surface area contributed by atoms with Crippen molar-refractivity contribution in [2.45, 2.75) is 38.4 Å². The van der Waals surface area contributed by atoms with Gasteiger partial charge in [0, 0.05) is 32.2 Å². The normalized spacial score (nSPS) is 17.6. The first-order valence-corrected chi connectivity index (χ1v) is 7.75. The second kappa shape index (κ2) is 8.85. The summed E-state index contributed by atoms with van der Waals surface area (Å²) in [6, 6.07) is 2.44. The van der Waals surface area contributed by atoms with Crippen LogP contribution in [0.15, 0.2) is 18.2 Å². The molecule has 0 bridgehead atoms. The van der Waals surface area contributed by atoms with Crippen LogP contribution in [0.3, 0.4) is 0 Å². The minimum atomic E-state index is -4.46. The average Bonchev–Trinajstić information content (AvgIpc) is 2.47. The van der Waals surface area contributed by atoms with Crippen molar-refractivity contribution in [1.29, 1.82) is 0 Å². The zero-order valence-electron chi connectivity index (χ0n) is 13.1. The van der Waals surface area contributed by atoms with Gasteiger partial charge < -0.3 is 5.32 Å². The van der Waals surface area contributed by atoms with Gasteiger partial charge in [0.1, 0.15) is 5.82 Å². The van der Waals surface area contributed by atoms with Crippen LogP contribution in [0.1, 0.15) is 43.4 Å². The van der Waals surface area contributed by atoms with Crippen molar-refractivity contribution in [3.63, 3.8) is 0 Å². The molecule has 1 aliphatic rings. The van der Waals surface area contributed by atoms with Crippen LogP contribution in [0.25, 0.3) is 0 Å². The molecule has 23 heavy (non-hydrogen) atoms. The zero-order chi connectivity index (χ0) is 16.2. The smallest absolute Gasteiger partial charge is 0.314 e. The lowest BCUT2D eigenvalue weighted by Gasteiger charge is -2.36. The van der Waals surface area contributed by atoms with E-state index in [1.807, 2.05) is 11.8 Å². The molecule has 0 amide bonds. The first-order chi connectivity index (χ1) is 10.4. The van der Waals surface area contributed by atoms with Gasteiger partial charge in [0.2, 0.25) is 0 Å². The third kappa shape index (κ3) is 5.33. The molecule has 2 rings (SSSR count). The first kappa shape index (κ1) is 20.2. The van der Waals surface area contributed by atoms with E-state index in [2.05, 4.69) is 5.32 Å². The van der Waals surface area contributed by atoms with E-state index in [1.54, 1.807) is 0 Å². The molecule has 1 aliphatic heterocycles. The number of benzene rings is 1. The van der Waals surface area contributed by atoms with Gasteiger partial charge in [-0.3, -0.25) is 4.90 Å². The number of halogens is 5. The lowest BCUT2D eigenvalue weighted by atomic mass is 9.94. The molecule has 132 valence electrons. The molecule has 0 spiro atoms. The van der Waals surface area contributed by atoms with Crippen LogP contribution in [0.5, 0.6) is 0 Å². The Morgan fingerprint density at radius 1 is 1.22 bits per heavy atom. The molecular weight excluding hydrogens is 332 g/mol. The molecule has 0 saturated carbocycles. The Morgan fingerprint density at radius 3 is 2.43 bits per heavy atom. The highest BCUT2D eigenvalue weighted by Gasteiger charge is 2.36. The summed E-state index contributed by atoms with van der Waals surface area (Å²) < 4.78 is 53.4. The highest BCUT2D eigenvalue weighted by molar-refractivity contribution is 5.85. The van der Waals surface area contributed by atoms with E-state index in [9.17, 15) is 17.6 Å². The van der Waals surface area contributed by atoms with Crippen LogP contribution in [-0.2, 0) is 6.18 Å². The summed E-state index contributed by atoms with van der Waals surface area (Å²) in [5.41, 5.74) is -0.642. The Kier molecular flexibility index (Phi) is 7.77. The molecule has 1 saturated heterocycles. The number of nitrogens with zero attached hydrogens (tertiary/aromatic N) is 1. The van der Waals surface area contributed by atoms with Crippen molar-refractivity contribution in [2.75, 3.05) is 26.2 Å². The number of alkyl halides is 3. The molecule has 1 aromatic carbocycles. The van der Waals surface area contributed by atoms with Gasteiger partial charge in [0.25, 0.3) is 0 Å². The Labute approximate surface area is 140 Å². The summed E-state index contributed by atoms with van der Waals surface area (Å²) in [7, 11) is 0. The molecule has 0 radical (unpaired) electrons. The molecule has 0 unspecified atom stereocenters. The van der Waals surface area contributed by atoms with E-state index in [0.717, 1.165) is 44.1 Å². The van der Waals surface area contributed by atoms with Crippen molar-refractivity contribution in [3.8, 4) is 0 Å². The minimum absolute atomic E-state index is 0. The van der Waals surface area contributed by atoms with Gasteiger partial charge in [-0.2, -0.15) is 13.2 Å². The Morgan fingerprint density at radius 2 is 1.87 bits per heavy atom. The number of hydrogen-bond donors (Lipinski definition) is 1. The van der Waals surface area contributed by atoms with E-state index in [0.29, 0.717) is 19.5 Å². The van der Waals surface area contributed by atoms with Gasteiger partial charge in [0.05, 0.1) is 5.56 Å². The van der Waals surface area contributed by atoms with Gasteiger partial charge in [-0.25, -0.2) is 4.39 Å². The molecule has 1 aromatic rings. The number of unbranched alkanes of at least 4 members (excludes halogenated alkanes) is 1. The predicted molar refractivity (Wildman–Crippen MR) is 85.4 cm³/mol. The number of rotatable bonds is 5. The topological polar surface area (TPSA) is 15.3 Å². The molecule has 0 aromatic heterocycles. The van der Waals surface area contributed by atoms with Crippen molar-refractivity contribution in [3.05, 3.63) is 35.1 Å². The molecule has 1 fully saturated rings. The zero-order valence-corrected chi connectivity index (χ0v) is 13.9. The molecular formula is C16H23ClF4N2. The summed E-state index contributed by atoms with van der Waals surface area (Å²) in [4.78, 5) is 2.04. The lowest BCUT2D eigenvalue weighted by molar-refractivity contribution is -0.138. The Bertz CT molecular complexity index is 487. The summed E-state index contributed by atoms with van der Waals surface area (Å²) in [5, 5.41) is 3.20. The second-order valence-electron chi connectivity index (χ2n) is 5.67. The fourth-order valence-corrected chi connectivity index (χ4v) is 2.99. The molecule has 1 N–H and O–H groups in total. The van der Waals surface area contributed by atoms with Crippen LogP contribution in [0.2, 0.25) is 0 Å². The third-order valence-electron chi connectivity index (χ3n) is 4.10. The maximum absolute atomic E-state index is 13.6. The minimum Gasteiger partial charge on any atom is -0.314 e. The lowest BCUT2D eigenvalue weighted by Crippen LogP contribution is -2.45. The quantitative estimate of drug-likeness (QED) is 0.788. The molecule has 0 aliphatic carbocycles. The summed E-state index contributed by atoms with van der Waals surface area (Å²) in [6.07, 6.45) is -2.12. The SMILES string of the molecule is CCCC[C@@H](c1cc(F)ccc1C(F)(F)F)N1CCNCC1.Cl. The fraction of sp³-hybridized carbons (Fsp3) is 0.625. The van der Waals surface area contributed by atoms with Crippen molar-refractivity contribution < 1.29 is 17.6 Å². The summed E-state index contributed by atoms with van der Waals surface area (Å²) >= 11 is 0. The van der Waals surface area contributed by atoms with Gasteiger partial charge in [-0.15, -0.1) is 12.4 Å². The Balaban J connectivity index is 0.00000264. The van der Waals surface area contributed by atoms with Crippen LogP contribution < -0.4 is 5.32 Å². The van der Waals surface area contributed by atoms with Crippen LogP contribution >= 0.6 is 12.4 Å². The fourth-order valence-electron chi connectivity index (χ4n) is 2.99. The van der Waals surface area contributed by atoms with Crippen molar-refractivity contribution >= 4 is 12.4 Å². The van der Waals surface area contributed by atoms with Crippen molar-refractivity contribution in [2.24, 2.45) is 0 Å². The van der Waals surface area contributed by atoms with Crippen molar-refractivity contribution in [1.82, 2.24) is 10.2 Å². The second-order valence-corrected chi connectivity index (χ2v) is 5.67. The Hall–Kier alpha value is -0.850. The van der Waals surface area contributed by atoms with Gasteiger partial charge in [0.15, 0.2) is 0 Å². The summed E-state index contributed by atoms with van der Waals surface area (Å²) in [6.45, 7) is 4.87. The van der Waals surface area contributed by atoms with Crippen LogP contribution in [-0.4, -0.2) is 31.1 Å². The van der Waals surface area contributed by atoms with Gasteiger partial charge in [-0.05, 0) is 30.2 Å². The molecule has 1 atom stereocenters. The van der Waals surface area contributed by atoms with E-state index >= 15 is 0 Å². The largest absolute Gasteiger partial charge is 0.416 e. The van der Waals surface area contributed by atoms with Gasteiger partial charge in [-0.1, -0.05) is 19.8 Å². The van der Waals surface area contributed by atoms with E-state index in [4.69, 9.17) is 0 Å². The highest BCUT2D eigenvalue weighted by atomic mass is 35.5. The van der Waals surface area contributed by atoms with Gasteiger partial charge >= 0.3 is 6.18 Å². The first-order valence-electron chi connectivity index (χ1n) is 7.75. The van der Waals surface area contributed by atoms with Crippen LogP contribution in [0.4, 0.5) is 17.6 Å². The van der Waals surface area contributed by atoms with E-state index < -0.39 is 17.6 Å². The number of piperazine rings is 1. The maximum atomic E-state index is 13.6. The molecule has 1 heterocycles. The van der Waals surface area contributed by atoms with Crippen LogP contribution in [0, 0.1) is 5.82 Å².